The molecule has 0 aliphatic rings. The number of amides is 1. The summed E-state index contributed by atoms with van der Waals surface area (Å²) >= 11 is 0. The fraction of sp³-hybridized carbons (Fsp3) is 0.211. The zero-order valence-electron chi connectivity index (χ0n) is 14.0. The lowest BCUT2D eigenvalue weighted by atomic mass is 9.94. The van der Waals surface area contributed by atoms with Crippen LogP contribution >= 0.6 is 0 Å². The molecule has 0 radical (unpaired) electrons. The second-order valence-electron chi connectivity index (χ2n) is 5.78. The van der Waals surface area contributed by atoms with Crippen molar-refractivity contribution >= 4 is 17.5 Å². The van der Waals surface area contributed by atoms with Gasteiger partial charge in [-0.05, 0) is 24.6 Å². The van der Waals surface area contributed by atoms with Gasteiger partial charge in [-0.2, -0.15) is 0 Å². The molecule has 2 heterocycles. The first-order valence-electron chi connectivity index (χ1n) is 7.96. The van der Waals surface area contributed by atoms with Crippen LogP contribution in [0.2, 0.25) is 0 Å². The summed E-state index contributed by atoms with van der Waals surface area (Å²) in [5.74, 6) is -1.16. The number of hydrogen-bond donors (Lipinski definition) is 1. The topological polar surface area (TPSA) is 72.7 Å². The number of aromatic nitrogens is 2. The molecule has 25 heavy (non-hydrogen) atoms. The number of fused-ring (bicyclic) bond motifs is 1. The number of carbonyl (C=O) groups excluding carboxylic acids is 2. The van der Waals surface area contributed by atoms with Gasteiger partial charge in [0.2, 0.25) is 0 Å². The smallest absolute Gasteiger partial charge is 0.310 e. The van der Waals surface area contributed by atoms with Gasteiger partial charge in [0, 0.05) is 18.6 Å². The average Bonchev–Trinajstić information content (AvgIpc) is 3.13. The first kappa shape index (κ1) is 16.7. The average molecular weight is 337 g/mol. The number of carbonyl (C=O) groups is 2. The molecule has 0 bridgehead atoms. The van der Waals surface area contributed by atoms with E-state index in [-0.39, 0.29) is 11.9 Å². The van der Waals surface area contributed by atoms with Crippen molar-refractivity contribution < 1.29 is 14.3 Å². The molecule has 1 aromatic carbocycles. The lowest BCUT2D eigenvalue weighted by Crippen LogP contribution is -2.36. The minimum atomic E-state index is -0.520. The summed E-state index contributed by atoms with van der Waals surface area (Å²) in [6.07, 6.45) is 5.16. The van der Waals surface area contributed by atoms with E-state index in [1.54, 1.807) is 42.0 Å². The minimum absolute atomic E-state index is 0.264. The Hall–Kier alpha value is -3.15. The van der Waals surface area contributed by atoms with Crippen LogP contribution < -0.4 is 5.32 Å². The van der Waals surface area contributed by atoms with Crippen molar-refractivity contribution in [2.24, 2.45) is 5.92 Å². The standard InChI is InChI=1S/C19H19N3O3/c1-13(19(24)25-2)17(14-6-4-3-5-7-14)21-18(23)15-8-9-16-20-10-11-22(16)12-15/h3-13,17H,1-2H3,(H,21,23)/t13-,17+/m0/s1. The molecule has 0 saturated heterocycles. The third-order valence-electron chi connectivity index (χ3n) is 4.17. The highest BCUT2D eigenvalue weighted by atomic mass is 16.5. The van der Waals surface area contributed by atoms with Crippen LogP contribution in [0.4, 0.5) is 0 Å². The van der Waals surface area contributed by atoms with Crippen LogP contribution in [-0.4, -0.2) is 28.4 Å². The van der Waals surface area contributed by atoms with Gasteiger partial charge in [-0.3, -0.25) is 9.59 Å². The van der Waals surface area contributed by atoms with Gasteiger partial charge < -0.3 is 14.5 Å². The number of nitrogens with one attached hydrogen (secondary N) is 1. The predicted octanol–water partition coefficient (Wildman–Crippen LogP) is 2.61. The van der Waals surface area contributed by atoms with Crippen molar-refractivity contribution in [3.05, 3.63) is 72.2 Å². The lowest BCUT2D eigenvalue weighted by Gasteiger charge is -2.24. The van der Waals surface area contributed by atoms with Gasteiger partial charge in [-0.25, -0.2) is 4.98 Å². The van der Waals surface area contributed by atoms with Gasteiger partial charge >= 0.3 is 5.97 Å². The number of hydrogen-bond acceptors (Lipinski definition) is 4. The molecule has 6 nitrogen and oxygen atoms in total. The van der Waals surface area contributed by atoms with Gasteiger partial charge in [-0.1, -0.05) is 30.3 Å². The highest BCUT2D eigenvalue weighted by Crippen LogP contribution is 2.23. The SMILES string of the molecule is COC(=O)[C@@H](C)[C@@H](NC(=O)c1ccc2nccn2c1)c1ccccc1. The van der Waals surface area contributed by atoms with Gasteiger partial charge in [0.15, 0.2) is 0 Å². The van der Waals surface area contributed by atoms with Gasteiger partial charge in [-0.15, -0.1) is 0 Å². The van der Waals surface area contributed by atoms with Crippen molar-refractivity contribution in [1.82, 2.24) is 14.7 Å². The number of methoxy groups -OCH3 is 1. The monoisotopic (exact) mass is 337 g/mol. The number of esters is 1. The molecule has 0 unspecified atom stereocenters. The predicted molar refractivity (Wildman–Crippen MR) is 93.0 cm³/mol. The molecule has 1 amide bonds. The fourth-order valence-corrected chi connectivity index (χ4v) is 2.76. The van der Waals surface area contributed by atoms with E-state index in [0.717, 1.165) is 11.2 Å². The van der Waals surface area contributed by atoms with E-state index in [1.165, 1.54) is 7.11 Å². The Morgan fingerprint density at radius 1 is 1.16 bits per heavy atom. The Morgan fingerprint density at radius 3 is 2.64 bits per heavy atom. The summed E-state index contributed by atoms with van der Waals surface area (Å²) in [7, 11) is 1.34. The van der Waals surface area contributed by atoms with Crippen molar-refractivity contribution in [3.63, 3.8) is 0 Å². The summed E-state index contributed by atoms with van der Waals surface area (Å²) in [5.41, 5.74) is 2.10. The van der Waals surface area contributed by atoms with Gasteiger partial charge in [0.05, 0.1) is 24.6 Å². The maximum Gasteiger partial charge on any atom is 0.310 e. The van der Waals surface area contributed by atoms with Crippen LogP contribution in [0.3, 0.4) is 0 Å². The number of ether oxygens (including phenoxy) is 1. The Morgan fingerprint density at radius 2 is 1.92 bits per heavy atom. The van der Waals surface area contributed by atoms with E-state index in [9.17, 15) is 9.59 Å². The van der Waals surface area contributed by atoms with Crippen LogP contribution in [0.25, 0.3) is 5.65 Å². The van der Waals surface area contributed by atoms with Crippen LogP contribution in [0.5, 0.6) is 0 Å². The van der Waals surface area contributed by atoms with E-state index in [0.29, 0.717) is 5.56 Å². The van der Waals surface area contributed by atoms with E-state index in [1.807, 2.05) is 30.3 Å². The molecule has 3 rings (SSSR count). The summed E-state index contributed by atoms with van der Waals surface area (Å²) in [4.78, 5) is 28.9. The van der Waals surface area contributed by atoms with Crippen molar-refractivity contribution in [2.45, 2.75) is 13.0 Å². The van der Waals surface area contributed by atoms with Crippen LogP contribution in [0, 0.1) is 5.92 Å². The minimum Gasteiger partial charge on any atom is -0.469 e. The van der Waals surface area contributed by atoms with E-state index in [2.05, 4.69) is 10.3 Å². The molecule has 1 N–H and O–H groups in total. The number of imidazole rings is 1. The highest BCUT2D eigenvalue weighted by molar-refractivity contribution is 5.94. The molecule has 3 aromatic rings. The Balaban J connectivity index is 1.88. The molecular formula is C19H19N3O3. The zero-order chi connectivity index (χ0) is 17.8. The first-order chi connectivity index (χ1) is 12.1. The molecule has 0 aliphatic heterocycles. The zero-order valence-corrected chi connectivity index (χ0v) is 14.0. The Labute approximate surface area is 145 Å². The molecular weight excluding hydrogens is 318 g/mol. The molecule has 0 aliphatic carbocycles. The molecule has 2 aromatic heterocycles. The van der Waals surface area contributed by atoms with Crippen molar-refractivity contribution in [1.29, 1.82) is 0 Å². The van der Waals surface area contributed by atoms with Crippen molar-refractivity contribution in [3.8, 4) is 0 Å². The molecule has 0 spiro atoms. The quantitative estimate of drug-likeness (QED) is 0.727. The van der Waals surface area contributed by atoms with E-state index < -0.39 is 12.0 Å². The molecule has 0 fully saturated rings. The number of pyridine rings is 1. The second-order valence-corrected chi connectivity index (χ2v) is 5.78. The number of nitrogens with zero attached hydrogens (tertiary/aromatic N) is 2. The maximum absolute atomic E-state index is 12.7. The summed E-state index contributed by atoms with van der Waals surface area (Å²) in [5, 5.41) is 2.95. The van der Waals surface area contributed by atoms with Gasteiger partial charge in [0.25, 0.3) is 5.91 Å². The molecule has 0 saturated carbocycles. The fourth-order valence-electron chi connectivity index (χ4n) is 2.76. The second kappa shape index (κ2) is 7.17. The lowest BCUT2D eigenvalue weighted by molar-refractivity contribution is -0.145. The normalized spacial score (nSPS) is 13.2. The number of benzene rings is 1. The molecule has 128 valence electrons. The van der Waals surface area contributed by atoms with Crippen LogP contribution in [0.15, 0.2) is 61.1 Å². The largest absolute Gasteiger partial charge is 0.469 e. The Kier molecular flexibility index (Phi) is 4.79. The van der Waals surface area contributed by atoms with E-state index >= 15 is 0 Å². The van der Waals surface area contributed by atoms with E-state index in [4.69, 9.17) is 4.74 Å². The first-order valence-corrected chi connectivity index (χ1v) is 7.96. The van der Waals surface area contributed by atoms with Crippen LogP contribution in [-0.2, 0) is 9.53 Å². The summed E-state index contributed by atoms with van der Waals surface area (Å²) < 4.78 is 6.62. The van der Waals surface area contributed by atoms with Gasteiger partial charge in [0.1, 0.15) is 5.65 Å². The third kappa shape index (κ3) is 3.52. The summed E-state index contributed by atoms with van der Waals surface area (Å²) in [6.45, 7) is 1.74. The number of rotatable bonds is 5. The maximum atomic E-state index is 12.7. The van der Waals surface area contributed by atoms with Crippen molar-refractivity contribution in [2.75, 3.05) is 7.11 Å². The Bertz CT molecular complexity index is 889. The third-order valence-corrected chi connectivity index (χ3v) is 4.17. The highest BCUT2D eigenvalue weighted by Gasteiger charge is 2.28. The molecule has 2 atom stereocenters. The molecule has 6 heteroatoms. The summed E-state index contributed by atoms with van der Waals surface area (Å²) in [6, 6.07) is 12.4. The van der Waals surface area contributed by atoms with Crippen LogP contribution in [0.1, 0.15) is 28.9 Å².